The summed E-state index contributed by atoms with van der Waals surface area (Å²) >= 11 is 0. The molecule has 0 atom stereocenters. The average molecular weight is 226 g/mol. The van der Waals surface area contributed by atoms with Crippen molar-refractivity contribution in [1.29, 1.82) is 0 Å². The van der Waals surface area contributed by atoms with E-state index in [1.54, 1.807) is 6.20 Å². The van der Waals surface area contributed by atoms with E-state index in [4.69, 9.17) is 0 Å². The summed E-state index contributed by atoms with van der Waals surface area (Å²) in [6.45, 7) is 14.5. The molecule has 0 saturated heterocycles. The Morgan fingerprint density at radius 2 is 1.62 bits per heavy atom. The van der Waals surface area contributed by atoms with Crippen molar-refractivity contribution in [2.24, 2.45) is 5.41 Å². The highest BCUT2D eigenvalue weighted by atomic mass is 16.2. The van der Waals surface area contributed by atoms with Crippen molar-refractivity contribution in [2.45, 2.75) is 60.4 Å². The number of hydrogen-bond acceptors (Lipinski definition) is 1. The van der Waals surface area contributed by atoms with Gasteiger partial charge in [-0.2, -0.15) is 0 Å². The number of rotatable bonds is 3. The lowest BCUT2D eigenvalue weighted by atomic mass is 9.82. The molecule has 0 aliphatic carbocycles. The van der Waals surface area contributed by atoms with Crippen LogP contribution in [0.4, 0.5) is 4.79 Å². The smallest absolute Gasteiger partial charge is 0.319 e. The number of carbonyl (C=O) groups is 1. The Hall–Kier alpha value is -0.990. The zero-order valence-corrected chi connectivity index (χ0v) is 11.7. The number of nitrogens with one attached hydrogen (secondary N) is 2. The Labute approximate surface area is 99.7 Å². The summed E-state index contributed by atoms with van der Waals surface area (Å²) in [5.41, 5.74) is 1.08. The van der Waals surface area contributed by atoms with Crippen molar-refractivity contribution in [2.75, 3.05) is 0 Å². The Balaban J connectivity index is 4.26. The van der Waals surface area contributed by atoms with Gasteiger partial charge in [0.2, 0.25) is 0 Å². The third-order valence-electron chi connectivity index (χ3n) is 1.92. The van der Waals surface area contributed by atoms with E-state index in [1.807, 2.05) is 27.7 Å². The van der Waals surface area contributed by atoms with Gasteiger partial charge in [-0.25, -0.2) is 4.79 Å². The van der Waals surface area contributed by atoms with Crippen molar-refractivity contribution in [3.05, 3.63) is 11.8 Å². The standard InChI is InChI=1S/C13H26N2O/c1-10(2)8-14-11(16)15-13(6,7)9-12(3,4)5/h8H,9H2,1-7H3,(H2,14,15,16). The fourth-order valence-electron chi connectivity index (χ4n) is 1.92. The van der Waals surface area contributed by atoms with Crippen molar-refractivity contribution < 1.29 is 4.79 Å². The Kier molecular flexibility index (Phi) is 5.04. The molecule has 0 aliphatic rings. The highest BCUT2D eigenvalue weighted by Gasteiger charge is 2.26. The number of amides is 2. The lowest BCUT2D eigenvalue weighted by Gasteiger charge is -2.33. The van der Waals surface area contributed by atoms with E-state index in [2.05, 4.69) is 31.4 Å². The molecule has 0 aromatic heterocycles. The summed E-state index contributed by atoms with van der Waals surface area (Å²) in [7, 11) is 0. The third kappa shape index (κ3) is 8.33. The van der Waals surface area contributed by atoms with Crippen LogP contribution < -0.4 is 10.6 Å². The minimum absolute atomic E-state index is 0.143. The molecule has 0 heterocycles. The molecule has 0 fully saturated rings. The minimum atomic E-state index is -0.197. The maximum absolute atomic E-state index is 11.6. The zero-order chi connectivity index (χ0) is 13.0. The van der Waals surface area contributed by atoms with E-state index in [-0.39, 0.29) is 17.0 Å². The molecule has 16 heavy (non-hydrogen) atoms. The first-order valence-corrected chi connectivity index (χ1v) is 5.74. The largest absolute Gasteiger partial charge is 0.333 e. The van der Waals surface area contributed by atoms with E-state index >= 15 is 0 Å². The number of hydrogen-bond donors (Lipinski definition) is 2. The quantitative estimate of drug-likeness (QED) is 0.760. The van der Waals surface area contributed by atoms with Crippen LogP contribution in [0, 0.1) is 5.41 Å². The molecule has 0 saturated carbocycles. The lowest BCUT2D eigenvalue weighted by Crippen LogP contribution is -2.48. The van der Waals surface area contributed by atoms with Gasteiger partial charge in [0.05, 0.1) is 0 Å². The molecule has 0 bridgehead atoms. The van der Waals surface area contributed by atoms with Crippen molar-refractivity contribution in [1.82, 2.24) is 10.6 Å². The van der Waals surface area contributed by atoms with Gasteiger partial charge in [-0.15, -0.1) is 0 Å². The normalized spacial score (nSPS) is 11.9. The predicted molar refractivity (Wildman–Crippen MR) is 69.2 cm³/mol. The average Bonchev–Trinajstić information content (AvgIpc) is 1.94. The summed E-state index contributed by atoms with van der Waals surface area (Å²) < 4.78 is 0. The maximum Gasteiger partial charge on any atom is 0.319 e. The Morgan fingerprint density at radius 1 is 1.12 bits per heavy atom. The summed E-state index contributed by atoms with van der Waals surface area (Å²) in [6, 6.07) is -0.143. The van der Waals surface area contributed by atoms with Gasteiger partial charge >= 0.3 is 6.03 Å². The predicted octanol–water partition coefficient (Wildman–Crippen LogP) is 3.42. The first kappa shape index (κ1) is 15.0. The number of urea groups is 1. The second-order valence-corrected chi connectivity index (χ2v) is 6.44. The second kappa shape index (κ2) is 5.37. The van der Waals surface area contributed by atoms with Gasteiger partial charge in [0.1, 0.15) is 0 Å². The topological polar surface area (TPSA) is 41.1 Å². The van der Waals surface area contributed by atoms with Crippen molar-refractivity contribution in [3.63, 3.8) is 0 Å². The monoisotopic (exact) mass is 226 g/mol. The number of allylic oxidation sites excluding steroid dienone is 1. The fraction of sp³-hybridized carbons (Fsp3) is 0.769. The third-order valence-corrected chi connectivity index (χ3v) is 1.92. The highest BCUT2D eigenvalue weighted by Crippen LogP contribution is 2.26. The molecular weight excluding hydrogens is 200 g/mol. The van der Waals surface area contributed by atoms with Gasteiger partial charge < -0.3 is 10.6 Å². The molecule has 0 rings (SSSR count). The van der Waals surface area contributed by atoms with Crippen LogP contribution in [-0.4, -0.2) is 11.6 Å². The fourth-order valence-corrected chi connectivity index (χ4v) is 1.92. The zero-order valence-electron chi connectivity index (χ0n) is 11.7. The maximum atomic E-state index is 11.6. The molecule has 0 aliphatic heterocycles. The lowest BCUT2D eigenvalue weighted by molar-refractivity contribution is 0.213. The van der Waals surface area contributed by atoms with Crippen LogP contribution in [-0.2, 0) is 0 Å². The summed E-state index contributed by atoms with van der Waals surface area (Å²) in [5, 5.41) is 5.69. The Bertz CT molecular complexity index is 268. The van der Waals surface area contributed by atoms with Gasteiger partial charge in [0.15, 0.2) is 0 Å². The molecule has 0 spiro atoms. The van der Waals surface area contributed by atoms with Gasteiger partial charge in [-0.3, -0.25) is 0 Å². The summed E-state index contributed by atoms with van der Waals surface area (Å²) in [4.78, 5) is 11.6. The molecule has 0 radical (unpaired) electrons. The first-order chi connectivity index (χ1) is 7.02. The Morgan fingerprint density at radius 3 is 2.00 bits per heavy atom. The van der Waals surface area contributed by atoms with E-state index in [9.17, 15) is 4.79 Å². The van der Waals surface area contributed by atoms with E-state index in [0.29, 0.717) is 0 Å². The van der Waals surface area contributed by atoms with Crippen molar-refractivity contribution in [3.8, 4) is 0 Å². The second-order valence-electron chi connectivity index (χ2n) is 6.44. The minimum Gasteiger partial charge on any atom is -0.333 e. The molecular formula is C13H26N2O. The summed E-state index contributed by atoms with van der Waals surface area (Å²) in [5.74, 6) is 0. The van der Waals surface area contributed by atoms with Crippen LogP contribution >= 0.6 is 0 Å². The molecule has 0 unspecified atom stereocenters. The van der Waals surface area contributed by atoms with Gasteiger partial charge in [-0.05, 0) is 39.5 Å². The molecule has 0 aromatic rings. The first-order valence-electron chi connectivity index (χ1n) is 5.74. The van der Waals surface area contributed by atoms with E-state index < -0.39 is 0 Å². The SMILES string of the molecule is CC(C)=CNC(=O)NC(C)(C)CC(C)(C)C. The molecule has 2 N–H and O–H groups in total. The van der Waals surface area contributed by atoms with Crippen LogP contribution in [0.5, 0.6) is 0 Å². The van der Waals surface area contributed by atoms with Gasteiger partial charge in [0, 0.05) is 11.7 Å². The van der Waals surface area contributed by atoms with Crippen LogP contribution in [0.2, 0.25) is 0 Å². The van der Waals surface area contributed by atoms with Crippen LogP contribution in [0.3, 0.4) is 0 Å². The highest BCUT2D eigenvalue weighted by molar-refractivity contribution is 5.75. The van der Waals surface area contributed by atoms with Crippen LogP contribution in [0.1, 0.15) is 54.9 Å². The van der Waals surface area contributed by atoms with E-state index in [0.717, 1.165) is 12.0 Å². The van der Waals surface area contributed by atoms with Crippen LogP contribution in [0.25, 0.3) is 0 Å². The molecule has 3 heteroatoms. The summed E-state index contributed by atoms with van der Waals surface area (Å²) in [6.07, 6.45) is 2.64. The van der Waals surface area contributed by atoms with Gasteiger partial charge in [-0.1, -0.05) is 26.3 Å². The molecule has 2 amide bonds. The van der Waals surface area contributed by atoms with Crippen molar-refractivity contribution >= 4 is 6.03 Å². The van der Waals surface area contributed by atoms with E-state index in [1.165, 1.54) is 0 Å². The number of carbonyl (C=O) groups excluding carboxylic acids is 1. The molecule has 0 aromatic carbocycles. The van der Waals surface area contributed by atoms with Gasteiger partial charge in [0.25, 0.3) is 0 Å². The van der Waals surface area contributed by atoms with Crippen LogP contribution in [0.15, 0.2) is 11.8 Å². The molecule has 94 valence electrons. The molecule has 3 nitrogen and oxygen atoms in total.